The van der Waals surface area contributed by atoms with Crippen LogP contribution >= 0.6 is 8.10 Å². The van der Waals surface area contributed by atoms with E-state index in [4.69, 9.17) is 0 Å². The molecular formula is C3H4N2O2P+. The third kappa shape index (κ3) is 1.10. The van der Waals surface area contributed by atoms with Crippen molar-refractivity contribution in [3.05, 3.63) is 0 Å². The fourth-order valence-corrected chi connectivity index (χ4v) is 0.971. The lowest BCUT2D eigenvalue weighted by Gasteiger charge is -1.88. The lowest BCUT2D eigenvalue weighted by molar-refractivity contribution is -0.118. The van der Waals surface area contributed by atoms with Crippen molar-refractivity contribution in [2.75, 3.05) is 0 Å². The summed E-state index contributed by atoms with van der Waals surface area (Å²) < 4.78 is 13.7. The highest BCUT2D eigenvalue weighted by molar-refractivity contribution is 7.42. The normalized spacial score (nSPS) is 23.0. The first kappa shape index (κ1) is 5.38. The molecule has 1 atom stereocenters. The molecule has 0 aromatic rings. The van der Waals surface area contributed by atoms with Gasteiger partial charge in [-0.05, 0) is 9.33 Å². The molecular weight excluding hydrogens is 127 g/mol. The number of carbonyl (C=O) groups is 1. The number of hydrogen-bond acceptors (Lipinski definition) is 2. The van der Waals surface area contributed by atoms with E-state index in [9.17, 15) is 9.36 Å². The van der Waals surface area contributed by atoms with Crippen LogP contribution in [0.15, 0.2) is 4.76 Å². The molecule has 1 amide bonds. The Hall–Kier alpha value is -0.760. The maximum Gasteiger partial charge on any atom is 0.618 e. The molecule has 8 heavy (non-hydrogen) atoms. The summed E-state index contributed by atoms with van der Waals surface area (Å²) in [5, 5.41) is 2.15. The van der Waals surface area contributed by atoms with Gasteiger partial charge in [0.2, 0.25) is 0 Å². The summed E-state index contributed by atoms with van der Waals surface area (Å²) in [6.45, 7) is 0. The molecule has 1 aliphatic rings. The summed E-state index contributed by atoms with van der Waals surface area (Å²) in [7, 11) is -1.81. The maximum absolute atomic E-state index is 10.3. The molecule has 1 N–H and O–H groups in total. The van der Waals surface area contributed by atoms with E-state index in [0.717, 1.165) is 0 Å². The van der Waals surface area contributed by atoms with Gasteiger partial charge in [-0.3, -0.25) is 4.79 Å². The van der Waals surface area contributed by atoms with Gasteiger partial charge in [0.15, 0.2) is 0 Å². The van der Waals surface area contributed by atoms with Gasteiger partial charge in [0.05, 0.1) is 12.6 Å². The molecule has 0 saturated heterocycles. The van der Waals surface area contributed by atoms with E-state index in [1.807, 2.05) is 0 Å². The molecule has 0 aliphatic carbocycles. The lowest BCUT2D eigenvalue weighted by atomic mass is 10.5. The van der Waals surface area contributed by atoms with Gasteiger partial charge in [0, 0.05) is 0 Å². The van der Waals surface area contributed by atoms with Crippen LogP contribution in [0, 0.1) is 0 Å². The molecule has 0 bridgehead atoms. The monoisotopic (exact) mass is 131 g/mol. The SMILES string of the molecule is O=C1CC=N[P+](=O)N1. The number of carbonyl (C=O) groups excluding carboxylic acids is 1. The summed E-state index contributed by atoms with van der Waals surface area (Å²) in [6, 6.07) is 0. The number of amides is 1. The van der Waals surface area contributed by atoms with E-state index in [1.165, 1.54) is 6.21 Å². The molecule has 1 unspecified atom stereocenters. The van der Waals surface area contributed by atoms with Crippen LogP contribution in [0.25, 0.3) is 0 Å². The zero-order valence-corrected chi connectivity index (χ0v) is 4.89. The molecule has 0 saturated carbocycles. The van der Waals surface area contributed by atoms with Crippen LogP contribution in [-0.2, 0) is 9.36 Å². The van der Waals surface area contributed by atoms with Crippen molar-refractivity contribution >= 4 is 20.2 Å². The smallest absolute Gasteiger partial charge is 0.271 e. The van der Waals surface area contributed by atoms with Crippen molar-refractivity contribution in [1.29, 1.82) is 0 Å². The molecule has 4 nitrogen and oxygen atoms in total. The van der Waals surface area contributed by atoms with Crippen LogP contribution < -0.4 is 5.09 Å². The first-order chi connectivity index (χ1) is 3.79. The van der Waals surface area contributed by atoms with E-state index in [-0.39, 0.29) is 12.3 Å². The molecule has 1 aliphatic heterocycles. The predicted octanol–water partition coefficient (Wildman–Crippen LogP) is 0.234. The van der Waals surface area contributed by atoms with Crippen LogP contribution in [0.3, 0.4) is 0 Å². The molecule has 0 spiro atoms. The highest BCUT2D eigenvalue weighted by atomic mass is 31.1. The minimum Gasteiger partial charge on any atom is -0.271 e. The minimum absolute atomic E-state index is 0.221. The summed E-state index contributed by atoms with van der Waals surface area (Å²) in [4.78, 5) is 10.3. The van der Waals surface area contributed by atoms with E-state index in [2.05, 4.69) is 9.85 Å². The van der Waals surface area contributed by atoms with Crippen LogP contribution in [0.2, 0.25) is 0 Å². The predicted molar refractivity (Wildman–Crippen MR) is 28.9 cm³/mol. The number of rotatable bonds is 0. The van der Waals surface area contributed by atoms with Crippen molar-refractivity contribution in [2.24, 2.45) is 4.76 Å². The van der Waals surface area contributed by atoms with Crippen LogP contribution in [-0.4, -0.2) is 12.1 Å². The quantitative estimate of drug-likeness (QED) is 0.478. The molecule has 42 valence electrons. The molecule has 0 fully saturated rings. The van der Waals surface area contributed by atoms with Crippen molar-refractivity contribution in [3.8, 4) is 0 Å². The Balaban J connectivity index is 2.68. The minimum atomic E-state index is -1.81. The van der Waals surface area contributed by atoms with Crippen molar-refractivity contribution in [3.63, 3.8) is 0 Å². The zero-order chi connectivity index (χ0) is 5.98. The Morgan fingerprint density at radius 2 is 2.62 bits per heavy atom. The largest absolute Gasteiger partial charge is 0.618 e. The van der Waals surface area contributed by atoms with Gasteiger partial charge in [-0.2, -0.15) is 0 Å². The summed E-state index contributed by atoms with van der Waals surface area (Å²) in [6.07, 6.45) is 1.61. The van der Waals surface area contributed by atoms with E-state index < -0.39 is 8.10 Å². The van der Waals surface area contributed by atoms with Gasteiger partial charge < -0.3 is 0 Å². The Labute approximate surface area is 46.9 Å². The lowest BCUT2D eigenvalue weighted by Crippen LogP contribution is -2.17. The molecule has 0 radical (unpaired) electrons. The van der Waals surface area contributed by atoms with E-state index in [0.29, 0.717) is 0 Å². The number of nitrogens with zero attached hydrogens (tertiary/aromatic N) is 1. The topological polar surface area (TPSA) is 58.5 Å². The first-order valence-electron chi connectivity index (χ1n) is 2.08. The van der Waals surface area contributed by atoms with E-state index >= 15 is 0 Å². The van der Waals surface area contributed by atoms with Gasteiger partial charge >= 0.3 is 8.10 Å². The van der Waals surface area contributed by atoms with Crippen molar-refractivity contribution < 1.29 is 9.36 Å². The van der Waals surface area contributed by atoms with Gasteiger partial charge in [-0.15, -0.1) is 5.09 Å². The van der Waals surface area contributed by atoms with E-state index in [1.54, 1.807) is 0 Å². The van der Waals surface area contributed by atoms with Crippen molar-refractivity contribution in [2.45, 2.75) is 6.42 Å². The summed E-state index contributed by atoms with van der Waals surface area (Å²) >= 11 is 0. The second-order valence-corrected chi connectivity index (χ2v) is 2.31. The standard InChI is InChI=1S/C3H3N2O2P/c6-3-1-2-4-8(7)5-3/h2H,1H2/p+1. The Morgan fingerprint density at radius 1 is 1.88 bits per heavy atom. The second-order valence-electron chi connectivity index (χ2n) is 1.31. The van der Waals surface area contributed by atoms with Gasteiger partial charge in [-0.25, -0.2) is 0 Å². The van der Waals surface area contributed by atoms with Crippen molar-refractivity contribution in [1.82, 2.24) is 5.09 Å². The first-order valence-corrected chi connectivity index (χ1v) is 3.29. The highest BCUT2D eigenvalue weighted by Crippen LogP contribution is 2.17. The average Bonchev–Trinajstić information content (AvgIpc) is 1.64. The van der Waals surface area contributed by atoms with Gasteiger partial charge in [0.25, 0.3) is 5.91 Å². The number of hydrogen-bond donors (Lipinski definition) is 1. The fraction of sp³-hybridized carbons (Fsp3) is 0.333. The van der Waals surface area contributed by atoms with Crippen LogP contribution in [0.1, 0.15) is 6.42 Å². The fourth-order valence-electron chi connectivity index (χ4n) is 0.379. The summed E-state index contributed by atoms with van der Waals surface area (Å²) in [5.74, 6) is -0.221. The highest BCUT2D eigenvalue weighted by Gasteiger charge is 2.21. The van der Waals surface area contributed by atoms with Crippen LogP contribution in [0.5, 0.6) is 0 Å². The maximum atomic E-state index is 10.3. The Morgan fingerprint density at radius 3 is 3.00 bits per heavy atom. The van der Waals surface area contributed by atoms with Gasteiger partial charge in [0.1, 0.15) is 0 Å². The average molecular weight is 131 g/mol. The van der Waals surface area contributed by atoms with Crippen LogP contribution in [0.4, 0.5) is 0 Å². The summed E-state index contributed by atoms with van der Waals surface area (Å²) in [5.41, 5.74) is 0. The molecule has 1 rings (SSSR count). The molecule has 0 aromatic heterocycles. The third-order valence-electron chi connectivity index (χ3n) is 0.684. The third-order valence-corrected chi connectivity index (χ3v) is 1.50. The second kappa shape index (κ2) is 2.01. The zero-order valence-electron chi connectivity index (χ0n) is 4.00. The Bertz CT molecular complexity index is 165. The molecule has 5 heteroatoms. The molecule has 0 aromatic carbocycles. The van der Waals surface area contributed by atoms with Gasteiger partial charge in [-0.1, -0.05) is 0 Å². The number of nitrogens with one attached hydrogen (secondary N) is 1. The Kier molecular flexibility index (Phi) is 1.35. The molecule has 1 heterocycles.